The minimum Gasteiger partial charge on any atom is -0.438 e. The second-order valence-corrected chi connectivity index (χ2v) is 5.13. The van der Waals surface area contributed by atoms with Crippen LogP contribution in [0.25, 0.3) is 0 Å². The van der Waals surface area contributed by atoms with E-state index in [-0.39, 0.29) is 10.7 Å². The van der Waals surface area contributed by atoms with Crippen molar-refractivity contribution < 1.29 is 9.21 Å². The number of anilines is 1. The fourth-order valence-corrected chi connectivity index (χ4v) is 2.07. The van der Waals surface area contributed by atoms with E-state index in [9.17, 15) is 4.79 Å². The van der Waals surface area contributed by atoms with Crippen LogP contribution in [0.3, 0.4) is 0 Å². The van der Waals surface area contributed by atoms with Gasteiger partial charge in [0.1, 0.15) is 4.99 Å². The summed E-state index contributed by atoms with van der Waals surface area (Å²) < 4.78 is 5.83. The Hall–Kier alpha value is -1.73. The van der Waals surface area contributed by atoms with Crippen molar-refractivity contribution >= 4 is 44.7 Å². The maximum absolute atomic E-state index is 12.0. The molecule has 0 atom stereocenters. The minimum absolute atomic E-state index is 0.161. The van der Waals surface area contributed by atoms with Gasteiger partial charge in [-0.2, -0.15) is 0 Å². The monoisotopic (exact) mass is 339 g/mol. The van der Waals surface area contributed by atoms with Crippen LogP contribution in [0, 0.1) is 6.92 Å². The highest BCUT2D eigenvalue weighted by molar-refractivity contribution is 9.10. The molecule has 5 nitrogen and oxygen atoms in total. The number of aromatic nitrogens is 1. The smallest absolute Gasteiger partial charge is 0.293 e. The third kappa shape index (κ3) is 2.99. The molecule has 0 saturated heterocycles. The van der Waals surface area contributed by atoms with E-state index < -0.39 is 5.91 Å². The SMILES string of the molecule is Cc1ncoc1C(=O)Nc1cc(Br)ccc1C(N)=S. The average Bonchev–Trinajstić information content (AvgIpc) is 2.75. The lowest BCUT2D eigenvalue weighted by Gasteiger charge is -2.09. The lowest BCUT2D eigenvalue weighted by molar-refractivity contribution is 0.0996. The molecule has 3 N–H and O–H groups in total. The number of amides is 1. The van der Waals surface area contributed by atoms with Gasteiger partial charge in [0.25, 0.3) is 5.91 Å². The summed E-state index contributed by atoms with van der Waals surface area (Å²) in [7, 11) is 0. The Morgan fingerprint density at radius 1 is 1.53 bits per heavy atom. The first kappa shape index (κ1) is 13.7. The third-order valence-corrected chi connectivity index (χ3v) is 3.16. The molecule has 1 heterocycles. The van der Waals surface area contributed by atoms with E-state index in [1.807, 2.05) is 0 Å². The predicted octanol–water partition coefficient (Wildman–Crippen LogP) is 2.63. The maximum atomic E-state index is 12.0. The normalized spacial score (nSPS) is 10.2. The van der Waals surface area contributed by atoms with E-state index in [1.165, 1.54) is 6.39 Å². The number of carbonyl (C=O) groups excluding carboxylic acids is 1. The van der Waals surface area contributed by atoms with Crippen molar-refractivity contribution in [2.75, 3.05) is 5.32 Å². The minimum atomic E-state index is -0.398. The number of hydrogen-bond donors (Lipinski definition) is 2. The molecule has 19 heavy (non-hydrogen) atoms. The van der Waals surface area contributed by atoms with Crippen LogP contribution in [0.1, 0.15) is 21.8 Å². The quantitative estimate of drug-likeness (QED) is 0.840. The van der Waals surface area contributed by atoms with Gasteiger partial charge in [-0.25, -0.2) is 4.98 Å². The lowest BCUT2D eigenvalue weighted by Crippen LogP contribution is -2.17. The van der Waals surface area contributed by atoms with Gasteiger partial charge in [0.2, 0.25) is 5.76 Å². The molecule has 2 rings (SSSR count). The van der Waals surface area contributed by atoms with Crippen LogP contribution >= 0.6 is 28.1 Å². The second-order valence-electron chi connectivity index (χ2n) is 3.78. The second kappa shape index (κ2) is 5.50. The number of hydrogen-bond acceptors (Lipinski definition) is 4. The fourth-order valence-electron chi connectivity index (χ4n) is 1.53. The summed E-state index contributed by atoms with van der Waals surface area (Å²) in [6, 6.07) is 5.25. The van der Waals surface area contributed by atoms with Gasteiger partial charge in [-0.05, 0) is 25.1 Å². The summed E-state index contributed by atoms with van der Waals surface area (Å²) in [5.41, 5.74) is 7.24. The lowest BCUT2D eigenvalue weighted by atomic mass is 10.1. The number of nitrogens with two attached hydrogens (primary N) is 1. The zero-order chi connectivity index (χ0) is 14.0. The molecule has 2 aromatic rings. The summed E-state index contributed by atoms with van der Waals surface area (Å²) in [5.74, 6) is -0.237. The van der Waals surface area contributed by atoms with Gasteiger partial charge in [-0.1, -0.05) is 28.1 Å². The fraction of sp³-hybridized carbons (Fsp3) is 0.0833. The number of rotatable bonds is 3. The Morgan fingerprint density at radius 3 is 2.84 bits per heavy atom. The van der Waals surface area contributed by atoms with E-state index in [0.717, 1.165) is 4.47 Å². The van der Waals surface area contributed by atoms with Gasteiger partial charge in [0.05, 0.1) is 11.4 Å². The zero-order valence-electron chi connectivity index (χ0n) is 9.94. The number of nitrogens with zero attached hydrogens (tertiary/aromatic N) is 1. The first-order chi connectivity index (χ1) is 8.99. The van der Waals surface area contributed by atoms with Crippen LogP contribution in [0.5, 0.6) is 0 Å². The van der Waals surface area contributed by atoms with Crippen LogP contribution in [-0.2, 0) is 0 Å². The molecule has 0 radical (unpaired) electrons. The Kier molecular flexibility index (Phi) is 3.96. The van der Waals surface area contributed by atoms with Crippen LogP contribution in [0.2, 0.25) is 0 Å². The maximum Gasteiger partial charge on any atom is 0.293 e. The van der Waals surface area contributed by atoms with E-state index in [4.69, 9.17) is 22.4 Å². The van der Waals surface area contributed by atoms with Crippen LogP contribution in [-0.4, -0.2) is 15.9 Å². The molecule has 0 unspecified atom stereocenters. The molecular weight excluding hydrogens is 330 g/mol. The van der Waals surface area contributed by atoms with E-state index in [1.54, 1.807) is 25.1 Å². The highest BCUT2D eigenvalue weighted by Crippen LogP contribution is 2.22. The summed E-state index contributed by atoms with van der Waals surface area (Å²) in [6.45, 7) is 1.69. The largest absolute Gasteiger partial charge is 0.438 e. The number of thiocarbonyl (C=S) groups is 1. The molecule has 1 amide bonds. The van der Waals surface area contributed by atoms with Gasteiger partial charge < -0.3 is 15.5 Å². The van der Waals surface area contributed by atoms with Crippen LogP contribution in [0.4, 0.5) is 5.69 Å². The Labute approximate surface area is 123 Å². The van der Waals surface area contributed by atoms with E-state index in [2.05, 4.69) is 26.2 Å². The number of oxazole rings is 1. The molecule has 98 valence electrons. The molecule has 1 aromatic carbocycles. The molecule has 0 saturated carbocycles. The Morgan fingerprint density at radius 2 is 2.26 bits per heavy atom. The van der Waals surface area contributed by atoms with Crippen molar-refractivity contribution in [3.8, 4) is 0 Å². The molecule has 0 aliphatic carbocycles. The summed E-state index contributed by atoms with van der Waals surface area (Å²) in [5, 5.41) is 2.71. The molecule has 0 spiro atoms. The molecule has 0 aliphatic heterocycles. The van der Waals surface area contributed by atoms with Crippen molar-refractivity contribution in [3.05, 3.63) is 46.1 Å². The predicted molar refractivity (Wildman–Crippen MR) is 79.2 cm³/mol. The highest BCUT2D eigenvalue weighted by Gasteiger charge is 2.16. The van der Waals surface area contributed by atoms with E-state index in [0.29, 0.717) is 16.9 Å². The summed E-state index contributed by atoms with van der Waals surface area (Å²) >= 11 is 8.27. The standard InChI is InChI=1S/C12H10BrN3O2S/c1-6-10(18-5-15-6)12(17)16-9-4-7(13)2-3-8(9)11(14)19/h2-5H,1H3,(H2,14,19)(H,16,17). The average molecular weight is 340 g/mol. The molecule has 0 fully saturated rings. The van der Waals surface area contributed by atoms with Crippen molar-refractivity contribution in [1.29, 1.82) is 0 Å². The number of halogens is 1. The van der Waals surface area contributed by atoms with E-state index >= 15 is 0 Å². The highest BCUT2D eigenvalue weighted by atomic mass is 79.9. The molecule has 7 heteroatoms. The van der Waals surface area contributed by atoms with Crippen molar-refractivity contribution in [2.45, 2.75) is 6.92 Å². The molecule has 1 aromatic heterocycles. The van der Waals surface area contributed by atoms with Gasteiger partial charge in [-0.3, -0.25) is 4.79 Å². The first-order valence-electron chi connectivity index (χ1n) is 5.30. The van der Waals surface area contributed by atoms with Gasteiger partial charge in [0.15, 0.2) is 6.39 Å². The zero-order valence-corrected chi connectivity index (χ0v) is 12.3. The topological polar surface area (TPSA) is 81.2 Å². The molecule has 0 aliphatic rings. The number of nitrogens with one attached hydrogen (secondary N) is 1. The molecule has 0 bridgehead atoms. The summed E-state index contributed by atoms with van der Waals surface area (Å²) in [4.78, 5) is 16.1. The number of carbonyl (C=O) groups is 1. The Balaban J connectivity index is 2.33. The third-order valence-electron chi connectivity index (χ3n) is 2.45. The van der Waals surface area contributed by atoms with Crippen LogP contribution in [0.15, 0.2) is 33.5 Å². The van der Waals surface area contributed by atoms with Crippen molar-refractivity contribution in [2.24, 2.45) is 5.73 Å². The first-order valence-corrected chi connectivity index (χ1v) is 6.50. The number of aryl methyl sites for hydroxylation is 1. The van der Waals surface area contributed by atoms with Crippen molar-refractivity contribution in [3.63, 3.8) is 0 Å². The molecular formula is C12H10BrN3O2S. The Bertz CT molecular complexity index is 654. The van der Waals surface area contributed by atoms with Crippen molar-refractivity contribution in [1.82, 2.24) is 4.98 Å². The summed E-state index contributed by atoms with van der Waals surface area (Å²) in [6.07, 6.45) is 1.22. The van der Waals surface area contributed by atoms with Crippen LogP contribution < -0.4 is 11.1 Å². The van der Waals surface area contributed by atoms with Gasteiger partial charge in [-0.15, -0.1) is 0 Å². The van der Waals surface area contributed by atoms with Gasteiger partial charge >= 0.3 is 0 Å². The van der Waals surface area contributed by atoms with Gasteiger partial charge in [0, 0.05) is 10.0 Å². The number of benzene rings is 1.